The Morgan fingerprint density at radius 1 is 0.929 bits per heavy atom. The van der Waals surface area contributed by atoms with Crippen molar-refractivity contribution in [1.82, 2.24) is 4.98 Å². The molecule has 0 saturated heterocycles. The van der Waals surface area contributed by atoms with Gasteiger partial charge in [0.25, 0.3) is 5.91 Å². The Bertz CT molecular complexity index is 1050. The van der Waals surface area contributed by atoms with Crippen LogP contribution in [0.3, 0.4) is 0 Å². The number of fused-ring (bicyclic) bond motifs is 2. The van der Waals surface area contributed by atoms with E-state index in [9.17, 15) is 4.79 Å². The molecule has 3 heterocycles. The van der Waals surface area contributed by atoms with Crippen LogP contribution in [0.5, 0.6) is 23.0 Å². The number of carbonyl (C=O) groups is 1. The molecule has 0 radical (unpaired) electrons. The molecule has 1 aromatic heterocycles. The van der Waals surface area contributed by atoms with Crippen LogP contribution in [0.4, 0.5) is 5.13 Å². The quantitative estimate of drug-likeness (QED) is 0.722. The van der Waals surface area contributed by atoms with Gasteiger partial charge in [-0.15, -0.1) is 11.3 Å². The van der Waals surface area contributed by atoms with Crippen LogP contribution in [0.25, 0.3) is 11.3 Å². The Balaban J connectivity index is 1.33. The molecule has 0 atom stereocenters. The Labute approximate surface area is 164 Å². The zero-order valence-electron chi connectivity index (χ0n) is 14.8. The molecule has 8 heteroatoms. The van der Waals surface area contributed by atoms with Gasteiger partial charge < -0.3 is 18.9 Å². The highest BCUT2D eigenvalue weighted by atomic mass is 32.1. The third kappa shape index (κ3) is 3.22. The minimum atomic E-state index is -0.248. The van der Waals surface area contributed by atoms with E-state index in [0.29, 0.717) is 41.2 Å². The average molecular weight is 396 g/mol. The van der Waals surface area contributed by atoms with E-state index in [4.69, 9.17) is 18.9 Å². The van der Waals surface area contributed by atoms with Crippen molar-refractivity contribution in [3.8, 4) is 34.3 Å². The second-order valence-electron chi connectivity index (χ2n) is 6.27. The molecule has 0 bridgehead atoms. The summed E-state index contributed by atoms with van der Waals surface area (Å²) in [6.07, 6.45) is 0.817. The molecule has 3 aromatic rings. The molecule has 0 unspecified atom stereocenters. The monoisotopic (exact) mass is 396 g/mol. The molecule has 0 aliphatic carbocycles. The average Bonchev–Trinajstić information content (AvgIpc) is 3.31. The van der Waals surface area contributed by atoms with Crippen molar-refractivity contribution in [2.45, 2.75) is 6.42 Å². The number of hydrogen-bond donors (Lipinski definition) is 1. The van der Waals surface area contributed by atoms with E-state index in [2.05, 4.69) is 10.3 Å². The standard InChI is InChI=1S/C20H16N2O5S/c23-19(13-3-5-15-17(9-13)25-7-1-6-24-15)22-20-21-14(10-28-20)12-2-4-16-18(8-12)27-11-26-16/h2-5,8-10H,1,6-7,11H2,(H,21,22,23). The number of benzene rings is 2. The van der Waals surface area contributed by atoms with Crippen molar-refractivity contribution in [2.75, 3.05) is 25.3 Å². The first-order valence-corrected chi connectivity index (χ1v) is 9.71. The largest absolute Gasteiger partial charge is 0.490 e. The van der Waals surface area contributed by atoms with Crippen molar-refractivity contribution in [3.05, 3.63) is 47.3 Å². The van der Waals surface area contributed by atoms with Crippen molar-refractivity contribution in [2.24, 2.45) is 0 Å². The zero-order valence-corrected chi connectivity index (χ0v) is 15.6. The second kappa shape index (κ2) is 7.05. The van der Waals surface area contributed by atoms with Crippen molar-refractivity contribution in [1.29, 1.82) is 0 Å². The van der Waals surface area contributed by atoms with Crippen LogP contribution in [0, 0.1) is 0 Å². The van der Waals surface area contributed by atoms with E-state index < -0.39 is 0 Å². The molecule has 1 amide bonds. The summed E-state index contributed by atoms with van der Waals surface area (Å²) in [5.74, 6) is 2.42. The maximum absolute atomic E-state index is 12.6. The highest BCUT2D eigenvalue weighted by molar-refractivity contribution is 7.14. The van der Waals surface area contributed by atoms with Crippen LogP contribution in [0.2, 0.25) is 0 Å². The van der Waals surface area contributed by atoms with Crippen LogP contribution < -0.4 is 24.3 Å². The van der Waals surface area contributed by atoms with Crippen LogP contribution in [0.1, 0.15) is 16.8 Å². The van der Waals surface area contributed by atoms with Crippen molar-refractivity contribution < 1.29 is 23.7 Å². The molecule has 0 saturated carbocycles. The van der Waals surface area contributed by atoms with Crippen molar-refractivity contribution in [3.63, 3.8) is 0 Å². The molecule has 0 spiro atoms. The summed E-state index contributed by atoms with van der Waals surface area (Å²) in [6.45, 7) is 1.41. The minimum absolute atomic E-state index is 0.229. The Morgan fingerprint density at radius 3 is 2.61 bits per heavy atom. The van der Waals surface area contributed by atoms with E-state index in [1.165, 1.54) is 11.3 Å². The molecule has 142 valence electrons. The predicted molar refractivity (Wildman–Crippen MR) is 104 cm³/mol. The van der Waals surface area contributed by atoms with Gasteiger partial charge in [-0.1, -0.05) is 0 Å². The number of amides is 1. The zero-order chi connectivity index (χ0) is 18.9. The number of aromatic nitrogens is 1. The molecular formula is C20H16N2O5S. The molecule has 7 nitrogen and oxygen atoms in total. The molecule has 2 aliphatic rings. The van der Waals surface area contributed by atoms with Gasteiger partial charge in [0.2, 0.25) is 6.79 Å². The van der Waals surface area contributed by atoms with Gasteiger partial charge in [-0.2, -0.15) is 0 Å². The summed E-state index contributed by atoms with van der Waals surface area (Å²) in [5.41, 5.74) is 2.15. The summed E-state index contributed by atoms with van der Waals surface area (Å²) in [7, 11) is 0. The summed E-state index contributed by atoms with van der Waals surface area (Å²) in [6, 6.07) is 10.8. The summed E-state index contributed by atoms with van der Waals surface area (Å²) >= 11 is 1.36. The normalized spacial score (nSPS) is 14.4. The molecule has 2 aliphatic heterocycles. The lowest BCUT2D eigenvalue weighted by atomic mass is 10.1. The number of nitrogens with zero attached hydrogens (tertiary/aromatic N) is 1. The third-order valence-electron chi connectivity index (χ3n) is 4.40. The van der Waals surface area contributed by atoms with E-state index in [-0.39, 0.29) is 12.7 Å². The summed E-state index contributed by atoms with van der Waals surface area (Å²) in [5, 5.41) is 5.25. The van der Waals surface area contributed by atoms with Crippen LogP contribution in [0.15, 0.2) is 41.8 Å². The van der Waals surface area contributed by atoms with Crippen LogP contribution in [-0.4, -0.2) is 30.9 Å². The first-order chi connectivity index (χ1) is 13.8. The number of thiazole rings is 1. The Kier molecular flexibility index (Phi) is 4.25. The highest BCUT2D eigenvalue weighted by Gasteiger charge is 2.17. The van der Waals surface area contributed by atoms with E-state index in [1.54, 1.807) is 18.2 Å². The van der Waals surface area contributed by atoms with Crippen LogP contribution >= 0.6 is 11.3 Å². The maximum atomic E-state index is 12.6. The third-order valence-corrected chi connectivity index (χ3v) is 5.16. The second-order valence-corrected chi connectivity index (χ2v) is 7.13. The fourth-order valence-electron chi connectivity index (χ4n) is 2.99. The lowest BCUT2D eigenvalue weighted by Crippen LogP contribution is -2.12. The van der Waals surface area contributed by atoms with Gasteiger partial charge in [0, 0.05) is 22.9 Å². The van der Waals surface area contributed by atoms with Gasteiger partial charge in [0.1, 0.15) is 0 Å². The molecule has 28 heavy (non-hydrogen) atoms. The number of rotatable bonds is 3. The molecule has 2 aromatic carbocycles. The predicted octanol–water partition coefficient (Wildman–Crippen LogP) is 3.95. The maximum Gasteiger partial charge on any atom is 0.257 e. The Morgan fingerprint density at radius 2 is 1.68 bits per heavy atom. The van der Waals surface area contributed by atoms with Gasteiger partial charge in [-0.05, 0) is 36.4 Å². The molecule has 5 rings (SSSR count). The lowest BCUT2D eigenvalue weighted by Gasteiger charge is -2.09. The van der Waals surface area contributed by atoms with Crippen LogP contribution in [-0.2, 0) is 0 Å². The molecular weight excluding hydrogens is 380 g/mol. The Hall–Kier alpha value is -3.26. The van der Waals surface area contributed by atoms with Gasteiger partial charge >= 0.3 is 0 Å². The first-order valence-electron chi connectivity index (χ1n) is 8.83. The molecule has 0 fully saturated rings. The van der Waals surface area contributed by atoms with Gasteiger partial charge in [-0.3, -0.25) is 10.1 Å². The van der Waals surface area contributed by atoms with Crippen molar-refractivity contribution >= 4 is 22.4 Å². The fourth-order valence-corrected chi connectivity index (χ4v) is 3.71. The first kappa shape index (κ1) is 16.9. The SMILES string of the molecule is O=C(Nc1nc(-c2ccc3c(c2)OCO3)cs1)c1ccc2c(c1)OCCCO2. The van der Waals surface area contributed by atoms with Gasteiger partial charge in [0.15, 0.2) is 28.1 Å². The van der Waals surface area contributed by atoms with Gasteiger partial charge in [-0.25, -0.2) is 4.98 Å². The number of ether oxygens (including phenoxy) is 4. The lowest BCUT2D eigenvalue weighted by molar-refractivity contribution is 0.102. The van der Waals surface area contributed by atoms with E-state index in [1.807, 2.05) is 23.6 Å². The number of nitrogens with one attached hydrogen (secondary N) is 1. The fraction of sp³-hybridized carbons (Fsp3) is 0.200. The number of carbonyl (C=O) groups excluding carboxylic acids is 1. The summed E-state index contributed by atoms with van der Waals surface area (Å²) < 4.78 is 22.0. The van der Waals surface area contributed by atoms with E-state index >= 15 is 0 Å². The van der Waals surface area contributed by atoms with E-state index in [0.717, 1.165) is 23.4 Å². The topological polar surface area (TPSA) is 78.9 Å². The number of hydrogen-bond acceptors (Lipinski definition) is 7. The molecule has 1 N–H and O–H groups in total. The smallest absolute Gasteiger partial charge is 0.257 e. The number of anilines is 1. The minimum Gasteiger partial charge on any atom is -0.490 e. The highest BCUT2D eigenvalue weighted by Crippen LogP contribution is 2.37. The van der Waals surface area contributed by atoms with Gasteiger partial charge in [0.05, 0.1) is 18.9 Å². The summed E-state index contributed by atoms with van der Waals surface area (Å²) in [4.78, 5) is 17.1.